The molecule has 1 amide bonds. The van der Waals surface area contributed by atoms with E-state index in [1.54, 1.807) is 0 Å². The van der Waals surface area contributed by atoms with Crippen molar-refractivity contribution in [1.29, 1.82) is 0 Å². The maximum absolute atomic E-state index is 14.2. The molecule has 1 aliphatic heterocycles. The van der Waals surface area contributed by atoms with Gasteiger partial charge in [0, 0.05) is 18.5 Å². The lowest BCUT2D eigenvalue weighted by Crippen LogP contribution is -2.50. The molecule has 1 N–H and O–H groups in total. The van der Waals surface area contributed by atoms with Crippen LogP contribution in [-0.2, 0) is 29.2 Å². The third-order valence-corrected chi connectivity index (χ3v) is 7.04. The third-order valence-electron chi connectivity index (χ3n) is 7.04. The molecule has 0 saturated heterocycles. The number of benzene rings is 4. The molecule has 1 aliphatic rings. The fourth-order valence-corrected chi connectivity index (χ4v) is 5.16. The molecule has 0 aliphatic carbocycles. The van der Waals surface area contributed by atoms with E-state index in [4.69, 9.17) is 9.47 Å². The maximum Gasteiger partial charge on any atom is 0.326 e. The Morgan fingerprint density at radius 3 is 2.00 bits per heavy atom. The van der Waals surface area contributed by atoms with Crippen molar-refractivity contribution in [3.63, 3.8) is 0 Å². The number of aliphatic carboxylic acids is 1. The van der Waals surface area contributed by atoms with Crippen LogP contribution in [0.15, 0.2) is 103 Å². The molecule has 0 saturated carbocycles. The van der Waals surface area contributed by atoms with Crippen LogP contribution in [-0.4, -0.2) is 34.5 Å². The summed E-state index contributed by atoms with van der Waals surface area (Å²) in [4.78, 5) is 28.3. The van der Waals surface area contributed by atoms with Gasteiger partial charge in [-0.25, -0.2) is 4.79 Å². The van der Waals surface area contributed by atoms with E-state index in [9.17, 15) is 14.7 Å². The molecular weight excluding hydrogens is 490 g/mol. The monoisotopic (exact) mass is 521 g/mol. The van der Waals surface area contributed by atoms with Crippen LogP contribution in [0, 0.1) is 0 Å². The van der Waals surface area contributed by atoms with Gasteiger partial charge in [0.25, 0.3) is 0 Å². The zero-order valence-corrected chi connectivity index (χ0v) is 21.8. The molecule has 4 aromatic rings. The minimum absolute atomic E-state index is 0.123. The number of fused-ring (bicyclic) bond motifs is 1. The molecule has 6 heteroatoms. The highest BCUT2D eigenvalue weighted by atomic mass is 16.5. The lowest BCUT2D eigenvalue weighted by atomic mass is 9.87. The first kappa shape index (κ1) is 26.0. The summed E-state index contributed by atoms with van der Waals surface area (Å²) in [5, 5.41) is 10.3. The number of carboxylic acid groups (broad SMARTS) is 1. The molecule has 4 aromatic carbocycles. The van der Waals surface area contributed by atoms with Crippen LogP contribution in [0.25, 0.3) is 0 Å². The second-order valence-corrected chi connectivity index (χ2v) is 9.52. The summed E-state index contributed by atoms with van der Waals surface area (Å²) >= 11 is 0. The molecule has 0 spiro atoms. The van der Waals surface area contributed by atoms with Gasteiger partial charge in [-0.3, -0.25) is 4.79 Å². The molecule has 5 rings (SSSR count). The standard InChI is InChI=1S/C33H31NO5/c1-2-38-29-19-18-26-21-34(32(35)30(24-14-8-4-9-15-24)25-16-10-5-11-17-25)28(33(36)37)20-27(26)31(29)39-22-23-12-6-3-7-13-23/h3-19,28,30H,2,20-22H2,1H3,(H,36,37). The van der Waals surface area contributed by atoms with E-state index in [-0.39, 0.29) is 18.9 Å². The highest BCUT2D eigenvalue weighted by molar-refractivity contribution is 5.91. The van der Waals surface area contributed by atoms with Crippen LogP contribution < -0.4 is 9.47 Å². The molecule has 1 heterocycles. The van der Waals surface area contributed by atoms with Crippen LogP contribution in [0.3, 0.4) is 0 Å². The van der Waals surface area contributed by atoms with Crippen LogP contribution in [0.5, 0.6) is 11.5 Å². The summed E-state index contributed by atoms with van der Waals surface area (Å²) < 4.78 is 12.1. The number of nitrogens with zero attached hydrogens (tertiary/aromatic N) is 1. The van der Waals surface area contributed by atoms with Crippen LogP contribution in [0.1, 0.15) is 40.7 Å². The molecule has 0 bridgehead atoms. The fourth-order valence-electron chi connectivity index (χ4n) is 5.16. The van der Waals surface area contributed by atoms with Crippen molar-refractivity contribution in [2.24, 2.45) is 0 Å². The second-order valence-electron chi connectivity index (χ2n) is 9.52. The first-order valence-electron chi connectivity index (χ1n) is 13.1. The van der Waals surface area contributed by atoms with Crippen molar-refractivity contribution >= 4 is 11.9 Å². The topological polar surface area (TPSA) is 76.1 Å². The Morgan fingerprint density at radius 2 is 1.44 bits per heavy atom. The normalized spacial score (nSPS) is 14.5. The first-order chi connectivity index (χ1) is 19.1. The number of carbonyl (C=O) groups is 2. The van der Waals surface area contributed by atoms with E-state index in [0.29, 0.717) is 24.7 Å². The van der Waals surface area contributed by atoms with Crippen LogP contribution in [0.2, 0.25) is 0 Å². The predicted octanol–water partition coefficient (Wildman–Crippen LogP) is 5.83. The van der Waals surface area contributed by atoms with Gasteiger partial charge < -0.3 is 19.5 Å². The second kappa shape index (κ2) is 11.9. The first-order valence-corrected chi connectivity index (χ1v) is 13.1. The summed E-state index contributed by atoms with van der Waals surface area (Å²) in [6.07, 6.45) is 0.123. The molecule has 0 fully saturated rings. The molecule has 0 radical (unpaired) electrons. The van der Waals surface area contributed by atoms with Gasteiger partial charge in [-0.05, 0) is 35.2 Å². The van der Waals surface area contributed by atoms with Gasteiger partial charge in [-0.2, -0.15) is 0 Å². The van der Waals surface area contributed by atoms with Gasteiger partial charge in [0.1, 0.15) is 12.6 Å². The number of carboxylic acids is 1. The number of rotatable bonds is 9. The fraction of sp³-hybridized carbons (Fsp3) is 0.212. The van der Waals surface area contributed by atoms with E-state index in [2.05, 4.69) is 0 Å². The maximum atomic E-state index is 14.2. The predicted molar refractivity (Wildman–Crippen MR) is 149 cm³/mol. The summed E-state index contributed by atoms with van der Waals surface area (Å²) in [7, 11) is 0. The van der Waals surface area contributed by atoms with Crippen LogP contribution >= 0.6 is 0 Å². The number of ether oxygens (including phenoxy) is 2. The van der Waals surface area contributed by atoms with Gasteiger partial charge >= 0.3 is 5.97 Å². The summed E-state index contributed by atoms with van der Waals surface area (Å²) in [6, 6.07) is 31.5. The van der Waals surface area contributed by atoms with Crippen molar-refractivity contribution in [2.75, 3.05) is 6.61 Å². The van der Waals surface area contributed by atoms with Crippen molar-refractivity contribution in [3.05, 3.63) is 131 Å². The lowest BCUT2D eigenvalue weighted by molar-refractivity contribution is -0.151. The van der Waals surface area contributed by atoms with Crippen molar-refractivity contribution in [3.8, 4) is 11.5 Å². The molecule has 6 nitrogen and oxygen atoms in total. The third kappa shape index (κ3) is 5.65. The van der Waals surface area contributed by atoms with E-state index >= 15 is 0 Å². The average Bonchev–Trinajstić information content (AvgIpc) is 2.97. The highest BCUT2D eigenvalue weighted by Crippen LogP contribution is 2.40. The van der Waals surface area contributed by atoms with Gasteiger partial charge in [0.05, 0.1) is 12.5 Å². The minimum Gasteiger partial charge on any atom is -0.490 e. The zero-order valence-electron chi connectivity index (χ0n) is 21.8. The van der Waals surface area contributed by atoms with E-state index < -0.39 is 17.9 Å². The Hall–Kier alpha value is -4.58. The summed E-state index contributed by atoms with van der Waals surface area (Å²) in [5.74, 6) is -0.801. The van der Waals surface area contributed by atoms with Crippen molar-refractivity contribution in [1.82, 2.24) is 4.90 Å². The molecule has 39 heavy (non-hydrogen) atoms. The number of hydrogen-bond acceptors (Lipinski definition) is 4. The minimum atomic E-state index is -1.05. The Kier molecular flexibility index (Phi) is 7.92. The lowest BCUT2D eigenvalue weighted by Gasteiger charge is -2.37. The molecule has 1 atom stereocenters. The number of hydrogen-bond donors (Lipinski definition) is 1. The van der Waals surface area contributed by atoms with Crippen molar-refractivity contribution < 1.29 is 24.2 Å². The Labute approximate surface area is 228 Å². The summed E-state index contributed by atoms with van der Waals surface area (Å²) in [5.41, 5.74) is 4.26. The van der Waals surface area contributed by atoms with Gasteiger partial charge in [-0.15, -0.1) is 0 Å². The largest absolute Gasteiger partial charge is 0.490 e. The molecule has 0 aromatic heterocycles. The zero-order chi connectivity index (χ0) is 27.2. The molecule has 1 unspecified atom stereocenters. The Bertz CT molecular complexity index is 1380. The highest BCUT2D eigenvalue weighted by Gasteiger charge is 2.40. The molecule has 198 valence electrons. The Balaban J connectivity index is 1.52. The molecular formula is C33H31NO5. The number of carbonyl (C=O) groups excluding carboxylic acids is 1. The van der Waals surface area contributed by atoms with E-state index in [0.717, 1.165) is 27.8 Å². The number of amides is 1. The SMILES string of the molecule is CCOc1ccc2c(c1OCc1ccccc1)CC(C(=O)O)N(C(=O)C(c1ccccc1)c1ccccc1)C2. The Morgan fingerprint density at radius 1 is 0.846 bits per heavy atom. The van der Waals surface area contributed by atoms with Gasteiger partial charge in [0.2, 0.25) is 5.91 Å². The van der Waals surface area contributed by atoms with Gasteiger partial charge in [0.15, 0.2) is 11.5 Å². The van der Waals surface area contributed by atoms with Crippen molar-refractivity contribution in [2.45, 2.75) is 38.5 Å². The summed E-state index contributed by atoms with van der Waals surface area (Å²) in [6.45, 7) is 2.83. The van der Waals surface area contributed by atoms with E-state index in [1.165, 1.54) is 4.90 Å². The van der Waals surface area contributed by atoms with E-state index in [1.807, 2.05) is 110 Å². The quantitative estimate of drug-likeness (QED) is 0.300. The smallest absolute Gasteiger partial charge is 0.326 e. The van der Waals surface area contributed by atoms with Gasteiger partial charge in [-0.1, -0.05) is 97.1 Å². The average molecular weight is 522 g/mol. The van der Waals surface area contributed by atoms with Crippen LogP contribution in [0.4, 0.5) is 0 Å².